The largest absolute Gasteiger partial charge is 0.481 e. The molecule has 0 amide bonds. The minimum atomic E-state index is -1.68. The molecule has 0 aliphatic carbocycles. The Labute approximate surface area is 96.4 Å². The van der Waals surface area contributed by atoms with Crippen LogP contribution < -0.4 is 0 Å². The third kappa shape index (κ3) is 3.94. The summed E-state index contributed by atoms with van der Waals surface area (Å²) < 4.78 is 4.59. The van der Waals surface area contributed by atoms with Crippen LogP contribution in [0.1, 0.15) is 16.8 Å². The van der Waals surface area contributed by atoms with Gasteiger partial charge >= 0.3 is 17.9 Å². The summed E-state index contributed by atoms with van der Waals surface area (Å²) in [5.41, 5.74) is 0.170. The second-order valence-corrected chi connectivity index (χ2v) is 3.20. The van der Waals surface area contributed by atoms with E-state index in [0.717, 1.165) is 0 Å². The fourth-order valence-electron chi connectivity index (χ4n) is 1.11. The van der Waals surface area contributed by atoms with Crippen LogP contribution in [0, 0.1) is 0 Å². The van der Waals surface area contributed by atoms with E-state index in [9.17, 15) is 14.4 Å². The van der Waals surface area contributed by atoms with Gasteiger partial charge in [-0.2, -0.15) is 0 Å². The lowest BCUT2D eigenvalue weighted by atomic mass is 10.2. The first kappa shape index (κ1) is 12.7. The summed E-state index contributed by atoms with van der Waals surface area (Å²) in [4.78, 5) is 32.5. The maximum atomic E-state index is 11.5. The Morgan fingerprint density at radius 2 is 1.71 bits per heavy atom. The summed E-state index contributed by atoms with van der Waals surface area (Å²) in [7, 11) is 0. The van der Waals surface area contributed by atoms with E-state index in [0.29, 0.717) is 0 Å². The zero-order valence-corrected chi connectivity index (χ0v) is 8.70. The number of carboxylic acids is 2. The van der Waals surface area contributed by atoms with Gasteiger partial charge in [-0.15, -0.1) is 0 Å². The van der Waals surface area contributed by atoms with Crippen molar-refractivity contribution in [2.75, 3.05) is 0 Å². The predicted octanol–water partition coefficient (Wildman–Crippen LogP) is 0.771. The van der Waals surface area contributed by atoms with Gasteiger partial charge < -0.3 is 14.9 Å². The summed E-state index contributed by atoms with van der Waals surface area (Å²) in [5, 5.41) is 17.1. The van der Waals surface area contributed by atoms with Crippen LogP contribution >= 0.6 is 0 Å². The summed E-state index contributed by atoms with van der Waals surface area (Å²) in [6.07, 6.45) is -2.45. The van der Waals surface area contributed by atoms with Gasteiger partial charge in [0.25, 0.3) is 0 Å². The fourth-order valence-corrected chi connectivity index (χ4v) is 1.11. The van der Waals surface area contributed by atoms with Crippen molar-refractivity contribution in [1.29, 1.82) is 0 Å². The van der Waals surface area contributed by atoms with Crippen molar-refractivity contribution in [2.45, 2.75) is 12.5 Å². The molecule has 0 fully saturated rings. The number of aliphatic carboxylic acids is 2. The standard InChI is InChI=1S/C11H10O6/c12-9(13)6-8(10(14)15)17-11(16)7-4-2-1-3-5-7/h1-5,8H,6H2,(H,12,13)(H,14,15)/t8-/m1/s1. The molecule has 1 aromatic carbocycles. The van der Waals surface area contributed by atoms with Gasteiger partial charge in [0.15, 0.2) is 0 Å². The molecule has 90 valence electrons. The Hall–Kier alpha value is -2.37. The van der Waals surface area contributed by atoms with Gasteiger partial charge in [-0.05, 0) is 12.1 Å². The minimum Gasteiger partial charge on any atom is -0.481 e. The number of hydrogen-bond acceptors (Lipinski definition) is 4. The van der Waals surface area contributed by atoms with Crippen LogP contribution in [0.2, 0.25) is 0 Å². The van der Waals surface area contributed by atoms with Crippen molar-refractivity contribution in [3.05, 3.63) is 35.9 Å². The van der Waals surface area contributed by atoms with Gasteiger partial charge in [-0.1, -0.05) is 18.2 Å². The molecule has 2 N–H and O–H groups in total. The quantitative estimate of drug-likeness (QED) is 0.735. The van der Waals surface area contributed by atoms with E-state index in [1.54, 1.807) is 18.2 Å². The molecule has 0 saturated heterocycles. The van der Waals surface area contributed by atoms with Crippen molar-refractivity contribution in [3.8, 4) is 0 Å². The maximum Gasteiger partial charge on any atom is 0.345 e. The number of carbonyl (C=O) groups is 3. The molecule has 1 atom stereocenters. The first-order valence-electron chi connectivity index (χ1n) is 4.71. The Balaban J connectivity index is 2.71. The van der Waals surface area contributed by atoms with Crippen LogP contribution in [0.3, 0.4) is 0 Å². The van der Waals surface area contributed by atoms with Crippen LogP contribution in [0.15, 0.2) is 30.3 Å². The van der Waals surface area contributed by atoms with Gasteiger partial charge in [0.05, 0.1) is 12.0 Å². The molecular formula is C11H10O6. The van der Waals surface area contributed by atoms with Crippen LogP contribution in [-0.2, 0) is 14.3 Å². The van der Waals surface area contributed by atoms with E-state index in [1.165, 1.54) is 12.1 Å². The highest BCUT2D eigenvalue weighted by atomic mass is 16.6. The second kappa shape index (κ2) is 5.64. The van der Waals surface area contributed by atoms with Crippen molar-refractivity contribution >= 4 is 17.9 Å². The lowest BCUT2D eigenvalue weighted by molar-refractivity contribution is -0.153. The molecule has 6 heteroatoms. The van der Waals surface area contributed by atoms with Crippen LogP contribution in [0.5, 0.6) is 0 Å². The number of rotatable bonds is 5. The number of benzene rings is 1. The highest BCUT2D eigenvalue weighted by Crippen LogP contribution is 2.06. The number of ether oxygens (including phenoxy) is 1. The van der Waals surface area contributed by atoms with E-state index in [1.807, 2.05) is 0 Å². The number of esters is 1. The predicted molar refractivity (Wildman–Crippen MR) is 55.5 cm³/mol. The SMILES string of the molecule is O=C(O)C[C@@H](OC(=O)c1ccccc1)C(=O)O. The van der Waals surface area contributed by atoms with Gasteiger partial charge in [0, 0.05) is 0 Å². The highest BCUT2D eigenvalue weighted by Gasteiger charge is 2.25. The molecule has 0 aliphatic heterocycles. The van der Waals surface area contributed by atoms with Crippen LogP contribution in [0.25, 0.3) is 0 Å². The molecule has 0 aliphatic rings. The van der Waals surface area contributed by atoms with Gasteiger partial charge in [-0.3, -0.25) is 4.79 Å². The Morgan fingerprint density at radius 3 is 2.18 bits per heavy atom. The molecule has 17 heavy (non-hydrogen) atoms. The Bertz CT molecular complexity index is 425. The number of carbonyl (C=O) groups excluding carboxylic acids is 1. The molecular weight excluding hydrogens is 228 g/mol. The highest BCUT2D eigenvalue weighted by molar-refractivity contribution is 5.92. The molecule has 0 saturated carbocycles. The Morgan fingerprint density at radius 1 is 1.12 bits per heavy atom. The molecule has 0 heterocycles. The maximum absolute atomic E-state index is 11.5. The molecule has 6 nitrogen and oxygen atoms in total. The van der Waals surface area contributed by atoms with Gasteiger partial charge in [0.1, 0.15) is 0 Å². The third-order valence-corrected chi connectivity index (χ3v) is 1.89. The molecule has 0 bridgehead atoms. The molecule has 0 radical (unpaired) electrons. The monoisotopic (exact) mass is 238 g/mol. The van der Waals surface area contributed by atoms with E-state index < -0.39 is 30.4 Å². The van der Waals surface area contributed by atoms with E-state index in [2.05, 4.69) is 4.74 Å². The third-order valence-electron chi connectivity index (χ3n) is 1.89. The van der Waals surface area contributed by atoms with E-state index in [-0.39, 0.29) is 5.56 Å². The first-order valence-corrected chi connectivity index (χ1v) is 4.71. The molecule has 0 aromatic heterocycles. The smallest absolute Gasteiger partial charge is 0.345 e. The summed E-state index contributed by atoms with van der Waals surface area (Å²) in [6.45, 7) is 0. The normalized spacial score (nSPS) is 11.5. The summed E-state index contributed by atoms with van der Waals surface area (Å²) in [6, 6.07) is 7.75. The van der Waals surface area contributed by atoms with Crippen LogP contribution in [-0.4, -0.2) is 34.2 Å². The van der Waals surface area contributed by atoms with E-state index in [4.69, 9.17) is 10.2 Å². The molecule has 1 rings (SSSR count). The fraction of sp³-hybridized carbons (Fsp3) is 0.182. The molecule has 0 unspecified atom stereocenters. The van der Waals surface area contributed by atoms with Crippen molar-refractivity contribution in [3.63, 3.8) is 0 Å². The average molecular weight is 238 g/mol. The summed E-state index contributed by atoms with van der Waals surface area (Å²) in [5.74, 6) is -3.70. The van der Waals surface area contributed by atoms with Crippen LogP contribution in [0.4, 0.5) is 0 Å². The molecule has 1 aromatic rings. The Kier molecular flexibility index (Phi) is 4.21. The average Bonchev–Trinajstić information content (AvgIpc) is 2.28. The lowest BCUT2D eigenvalue weighted by Gasteiger charge is -2.11. The van der Waals surface area contributed by atoms with Crippen molar-refractivity contribution < 1.29 is 29.3 Å². The summed E-state index contributed by atoms with van der Waals surface area (Å²) >= 11 is 0. The zero-order valence-electron chi connectivity index (χ0n) is 8.70. The van der Waals surface area contributed by atoms with Gasteiger partial charge in [0.2, 0.25) is 6.10 Å². The molecule has 0 spiro atoms. The number of hydrogen-bond donors (Lipinski definition) is 2. The van der Waals surface area contributed by atoms with Crippen molar-refractivity contribution in [2.24, 2.45) is 0 Å². The second-order valence-electron chi connectivity index (χ2n) is 3.20. The zero-order chi connectivity index (χ0) is 12.8. The first-order chi connectivity index (χ1) is 8.00. The van der Waals surface area contributed by atoms with Gasteiger partial charge in [-0.25, -0.2) is 9.59 Å². The minimum absolute atomic E-state index is 0.170. The van der Waals surface area contributed by atoms with Crippen molar-refractivity contribution in [1.82, 2.24) is 0 Å². The lowest BCUT2D eigenvalue weighted by Crippen LogP contribution is -2.29. The topological polar surface area (TPSA) is 101 Å². The number of carboxylic acid groups (broad SMARTS) is 2. The van der Waals surface area contributed by atoms with E-state index >= 15 is 0 Å².